The molecule has 0 N–H and O–H groups in total. The van der Waals surface area contributed by atoms with E-state index in [1.54, 1.807) is 7.11 Å². The maximum absolute atomic E-state index is 5.68. The first-order valence-corrected chi connectivity index (χ1v) is 5.05. The van der Waals surface area contributed by atoms with Crippen molar-refractivity contribution in [2.75, 3.05) is 7.11 Å². The zero-order chi connectivity index (χ0) is 11.4. The van der Waals surface area contributed by atoms with Crippen LogP contribution >= 0.6 is 0 Å². The first-order chi connectivity index (χ1) is 7.78. The van der Waals surface area contributed by atoms with Crippen LogP contribution in [-0.4, -0.2) is 7.11 Å². The van der Waals surface area contributed by atoms with E-state index in [2.05, 4.69) is 0 Å². The molecule has 0 atom stereocenters. The predicted octanol–water partition coefficient (Wildman–Crippen LogP) is -0.684. The van der Waals surface area contributed by atoms with Crippen LogP contribution in [0.5, 0.6) is 17.2 Å². The summed E-state index contributed by atoms with van der Waals surface area (Å²) in [5.41, 5.74) is 0. The molecule has 90 valence electrons. The molecule has 1 heterocycles. The number of benzene rings is 1. The number of aryl methyl sites for hydroxylation is 1. The van der Waals surface area contributed by atoms with Crippen LogP contribution in [0.1, 0.15) is 0 Å². The fourth-order valence-electron chi connectivity index (χ4n) is 1.36. The summed E-state index contributed by atoms with van der Waals surface area (Å²) in [4.78, 5) is 0. The Morgan fingerprint density at radius 2 is 1.59 bits per heavy atom. The van der Waals surface area contributed by atoms with Gasteiger partial charge in [-0.3, -0.25) is 0 Å². The highest BCUT2D eigenvalue weighted by Crippen LogP contribution is 2.24. The van der Waals surface area contributed by atoms with Gasteiger partial charge in [0.15, 0.2) is 12.4 Å². The molecule has 0 spiro atoms. The van der Waals surface area contributed by atoms with E-state index >= 15 is 0 Å². The lowest BCUT2D eigenvalue weighted by atomic mass is 10.3. The molecule has 0 aliphatic rings. The molecule has 1 aromatic heterocycles. The van der Waals surface area contributed by atoms with E-state index in [-0.39, 0.29) is 24.0 Å². The minimum atomic E-state index is 0. The van der Waals surface area contributed by atoms with Crippen molar-refractivity contribution in [3.05, 3.63) is 48.8 Å². The van der Waals surface area contributed by atoms with E-state index in [1.807, 2.05) is 60.4 Å². The van der Waals surface area contributed by atoms with Crippen LogP contribution < -0.4 is 38.0 Å². The quantitative estimate of drug-likeness (QED) is 0.544. The van der Waals surface area contributed by atoms with E-state index in [9.17, 15) is 0 Å². The molecule has 0 unspecified atom stereocenters. The molecule has 2 aromatic rings. The number of hydrogen-bond donors (Lipinski definition) is 0. The van der Waals surface area contributed by atoms with Gasteiger partial charge in [-0.2, -0.15) is 0 Å². The van der Waals surface area contributed by atoms with E-state index < -0.39 is 0 Å². The minimum Gasteiger partial charge on any atom is -1.00 e. The second kappa shape index (κ2) is 6.44. The molecule has 2 rings (SSSR count). The monoisotopic (exact) mass is 343 g/mol. The van der Waals surface area contributed by atoms with Gasteiger partial charge in [0.1, 0.15) is 24.3 Å². The molecule has 0 bridgehead atoms. The average molecular weight is 343 g/mol. The van der Waals surface area contributed by atoms with Gasteiger partial charge in [0.25, 0.3) is 0 Å². The number of methoxy groups -OCH3 is 1. The summed E-state index contributed by atoms with van der Waals surface area (Å²) >= 11 is 0. The summed E-state index contributed by atoms with van der Waals surface area (Å²) in [6.07, 6.45) is 3.88. The normalized spacial score (nSPS) is 9.29. The zero-order valence-electron chi connectivity index (χ0n) is 9.76. The number of hydrogen-bond acceptors (Lipinski definition) is 2. The Hall–Kier alpha value is -1.30. The lowest BCUT2D eigenvalue weighted by molar-refractivity contribution is -0.671. The Morgan fingerprint density at radius 1 is 0.941 bits per heavy atom. The van der Waals surface area contributed by atoms with Crippen LogP contribution in [0.4, 0.5) is 0 Å². The third kappa shape index (κ3) is 3.89. The molecule has 4 heteroatoms. The third-order valence-corrected chi connectivity index (χ3v) is 2.22. The lowest BCUT2D eigenvalue weighted by Gasteiger charge is -2.06. The first kappa shape index (κ1) is 13.8. The van der Waals surface area contributed by atoms with Crippen molar-refractivity contribution in [2.45, 2.75) is 0 Å². The van der Waals surface area contributed by atoms with Crippen LogP contribution in [0.25, 0.3) is 0 Å². The molecule has 3 nitrogen and oxygen atoms in total. The summed E-state index contributed by atoms with van der Waals surface area (Å²) < 4.78 is 12.8. The highest BCUT2D eigenvalue weighted by molar-refractivity contribution is 5.35. The molecule has 0 radical (unpaired) electrons. The van der Waals surface area contributed by atoms with Crippen molar-refractivity contribution < 1.29 is 38.0 Å². The molecule has 0 aliphatic heterocycles. The largest absolute Gasteiger partial charge is 1.00 e. The maximum atomic E-state index is 5.68. The Bertz CT molecular complexity index is 471. The summed E-state index contributed by atoms with van der Waals surface area (Å²) in [5, 5.41) is 0. The molecular weight excluding hydrogens is 329 g/mol. The smallest absolute Gasteiger partial charge is 0.172 e. The van der Waals surface area contributed by atoms with Gasteiger partial charge < -0.3 is 33.5 Å². The first-order valence-electron chi connectivity index (χ1n) is 5.05. The Kier molecular flexibility index (Phi) is 5.21. The summed E-state index contributed by atoms with van der Waals surface area (Å²) in [7, 11) is 3.61. The predicted molar refractivity (Wildman–Crippen MR) is 60.7 cm³/mol. The van der Waals surface area contributed by atoms with Gasteiger partial charge in [-0.15, -0.1) is 0 Å². The number of nitrogens with zero attached hydrogens (tertiary/aromatic N) is 1. The number of ether oxygens (including phenoxy) is 2. The summed E-state index contributed by atoms with van der Waals surface area (Å²) in [5.74, 6) is 2.37. The van der Waals surface area contributed by atoms with Crippen LogP contribution in [-0.2, 0) is 7.05 Å². The molecule has 0 fully saturated rings. The Morgan fingerprint density at radius 3 is 2.24 bits per heavy atom. The van der Waals surface area contributed by atoms with Gasteiger partial charge in [-0.25, -0.2) is 4.57 Å². The van der Waals surface area contributed by atoms with Gasteiger partial charge in [-0.1, -0.05) is 6.07 Å². The highest BCUT2D eigenvalue weighted by Gasteiger charge is 2.00. The van der Waals surface area contributed by atoms with E-state index in [0.717, 1.165) is 17.2 Å². The third-order valence-electron chi connectivity index (χ3n) is 2.22. The van der Waals surface area contributed by atoms with Crippen LogP contribution in [0.3, 0.4) is 0 Å². The van der Waals surface area contributed by atoms with Gasteiger partial charge in [0.05, 0.1) is 7.11 Å². The van der Waals surface area contributed by atoms with Crippen molar-refractivity contribution in [1.82, 2.24) is 0 Å². The van der Waals surface area contributed by atoms with Gasteiger partial charge >= 0.3 is 0 Å². The second-order valence-corrected chi connectivity index (χ2v) is 3.48. The molecule has 1 aromatic carbocycles. The van der Waals surface area contributed by atoms with Gasteiger partial charge in [-0.05, 0) is 12.1 Å². The van der Waals surface area contributed by atoms with Crippen molar-refractivity contribution in [1.29, 1.82) is 0 Å². The van der Waals surface area contributed by atoms with Crippen molar-refractivity contribution in [3.8, 4) is 17.2 Å². The van der Waals surface area contributed by atoms with E-state index in [4.69, 9.17) is 9.47 Å². The fourth-order valence-corrected chi connectivity index (χ4v) is 1.36. The van der Waals surface area contributed by atoms with E-state index in [1.165, 1.54) is 0 Å². The SMILES string of the molecule is COc1cccc(Oc2cc[n+](C)cc2)c1.[I-]. The number of pyridine rings is 1. The molecular formula is C13H14INO2. The number of rotatable bonds is 3. The molecule has 0 saturated heterocycles. The molecule has 0 saturated carbocycles. The van der Waals surface area contributed by atoms with Gasteiger partial charge in [0.2, 0.25) is 0 Å². The Balaban J connectivity index is 0.00000144. The number of aromatic nitrogens is 1. The highest BCUT2D eigenvalue weighted by atomic mass is 127. The number of halogens is 1. The Labute approximate surface area is 118 Å². The van der Waals surface area contributed by atoms with Crippen LogP contribution in [0.15, 0.2) is 48.8 Å². The van der Waals surface area contributed by atoms with Gasteiger partial charge in [0, 0.05) is 18.2 Å². The molecule has 17 heavy (non-hydrogen) atoms. The standard InChI is InChI=1S/C13H14NO2.HI/c1-14-8-6-11(7-9-14)16-13-5-3-4-12(10-13)15-2;/h3-10H,1-2H3;1H/q+1;/p-1. The van der Waals surface area contributed by atoms with Crippen LogP contribution in [0.2, 0.25) is 0 Å². The maximum Gasteiger partial charge on any atom is 0.172 e. The lowest BCUT2D eigenvalue weighted by Crippen LogP contribution is -3.00. The van der Waals surface area contributed by atoms with Crippen molar-refractivity contribution >= 4 is 0 Å². The fraction of sp³-hybridized carbons (Fsp3) is 0.154. The van der Waals surface area contributed by atoms with Crippen molar-refractivity contribution in [2.24, 2.45) is 7.05 Å². The minimum absolute atomic E-state index is 0. The van der Waals surface area contributed by atoms with Crippen molar-refractivity contribution in [3.63, 3.8) is 0 Å². The zero-order valence-corrected chi connectivity index (χ0v) is 11.9. The van der Waals surface area contributed by atoms with Crippen LogP contribution in [0, 0.1) is 0 Å². The molecule has 0 aliphatic carbocycles. The summed E-state index contributed by atoms with van der Waals surface area (Å²) in [6, 6.07) is 11.4. The van der Waals surface area contributed by atoms with E-state index in [0.29, 0.717) is 0 Å². The average Bonchev–Trinajstić information content (AvgIpc) is 2.32. The molecule has 0 amide bonds. The topological polar surface area (TPSA) is 22.3 Å². The summed E-state index contributed by atoms with van der Waals surface area (Å²) in [6.45, 7) is 0. The second-order valence-electron chi connectivity index (χ2n) is 3.48.